The first-order valence-electron chi connectivity index (χ1n) is 23.9. The van der Waals surface area contributed by atoms with Crippen molar-refractivity contribution in [2.75, 3.05) is 47.5 Å². The highest BCUT2D eigenvalue weighted by Crippen LogP contribution is 2.14. The van der Waals surface area contributed by atoms with Gasteiger partial charge in [-0.05, 0) is 57.8 Å². The summed E-state index contributed by atoms with van der Waals surface area (Å²) in [4.78, 5) is 37.0. The fourth-order valence-electron chi connectivity index (χ4n) is 6.33. The highest BCUT2D eigenvalue weighted by molar-refractivity contribution is 5.70. The lowest BCUT2D eigenvalue weighted by Gasteiger charge is -2.26. The second kappa shape index (κ2) is 42.7. The van der Waals surface area contributed by atoms with Crippen LogP contribution in [0.1, 0.15) is 187 Å². The van der Waals surface area contributed by atoms with Gasteiger partial charge in [0.05, 0.1) is 40.3 Å². The Morgan fingerprint density at radius 2 is 0.950 bits per heavy atom. The van der Waals surface area contributed by atoms with E-state index in [-0.39, 0.29) is 32.2 Å². The minimum Gasteiger partial charge on any atom is -0.545 e. The molecular formula is C51H89NO8. The molecule has 0 aromatic heterocycles. The maximum atomic E-state index is 12.8. The quantitative estimate of drug-likeness (QED) is 0.0196. The highest BCUT2D eigenvalue weighted by atomic mass is 16.7. The predicted molar refractivity (Wildman–Crippen MR) is 246 cm³/mol. The van der Waals surface area contributed by atoms with E-state index in [1.165, 1.54) is 77.0 Å². The maximum Gasteiger partial charge on any atom is 0.306 e. The van der Waals surface area contributed by atoms with Crippen LogP contribution >= 0.6 is 0 Å². The number of carbonyl (C=O) groups is 3. The van der Waals surface area contributed by atoms with Gasteiger partial charge in [0.15, 0.2) is 12.4 Å². The van der Waals surface area contributed by atoms with Crippen molar-refractivity contribution in [2.24, 2.45) is 0 Å². The average Bonchev–Trinajstić information content (AvgIpc) is 3.21. The number of unbranched alkanes of at least 4 members (excludes halogenated alkanes) is 18. The van der Waals surface area contributed by atoms with Crippen LogP contribution in [0.4, 0.5) is 0 Å². The Balaban J connectivity index is 4.30. The van der Waals surface area contributed by atoms with Crippen molar-refractivity contribution in [3.8, 4) is 0 Å². The van der Waals surface area contributed by atoms with E-state index in [4.69, 9.17) is 18.9 Å². The number of allylic oxidation sites excluding steroid dienone is 10. The van der Waals surface area contributed by atoms with Gasteiger partial charge in [-0.3, -0.25) is 9.59 Å². The largest absolute Gasteiger partial charge is 0.545 e. The molecule has 2 unspecified atom stereocenters. The second-order valence-electron chi connectivity index (χ2n) is 17.0. The van der Waals surface area contributed by atoms with E-state index in [0.29, 0.717) is 23.9 Å². The number of rotatable bonds is 43. The summed E-state index contributed by atoms with van der Waals surface area (Å²) < 4.78 is 22.5. The molecule has 0 saturated heterocycles. The second-order valence-corrected chi connectivity index (χ2v) is 17.0. The van der Waals surface area contributed by atoms with Crippen LogP contribution in [0.2, 0.25) is 0 Å². The van der Waals surface area contributed by atoms with Crippen LogP contribution in [-0.4, -0.2) is 82.3 Å². The Bertz CT molecular complexity index is 1170. The zero-order chi connectivity index (χ0) is 44.2. The molecule has 9 heteroatoms. The highest BCUT2D eigenvalue weighted by Gasteiger charge is 2.21. The Morgan fingerprint density at radius 3 is 1.42 bits per heavy atom. The summed E-state index contributed by atoms with van der Waals surface area (Å²) in [7, 11) is 5.90. The van der Waals surface area contributed by atoms with Crippen molar-refractivity contribution < 1.29 is 42.9 Å². The summed E-state index contributed by atoms with van der Waals surface area (Å²) in [6, 6.07) is 0. The lowest BCUT2D eigenvalue weighted by Crippen LogP contribution is -2.44. The van der Waals surface area contributed by atoms with Crippen molar-refractivity contribution >= 4 is 17.9 Å². The number of hydrogen-bond acceptors (Lipinski definition) is 8. The molecule has 2 atom stereocenters. The number of carboxylic acid groups (broad SMARTS) is 1. The van der Waals surface area contributed by atoms with Gasteiger partial charge < -0.3 is 33.3 Å². The molecule has 0 fully saturated rings. The number of esters is 2. The number of quaternary nitrogens is 1. The molecule has 0 saturated carbocycles. The maximum absolute atomic E-state index is 12.8. The van der Waals surface area contributed by atoms with Crippen LogP contribution in [0.25, 0.3) is 0 Å². The number of aliphatic carboxylic acids is 1. The molecule has 0 N–H and O–H groups in total. The van der Waals surface area contributed by atoms with Crippen LogP contribution in [0.3, 0.4) is 0 Å². The van der Waals surface area contributed by atoms with Gasteiger partial charge in [0.1, 0.15) is 13.2 Å². The fourth-order valence-corrected chi connectivity index (χ4v) is 6.33. The fraction of sp³-hybridized carbons (Fsp3) is 0.745. The van der Waals surface area contributed by atoms with Crippen LogP contribution in [0.5, 0.6) is 0 Å². The van der Waals surface area contributed by atoms with Gasteiger partial charge in [0, 0.05) is 12.8 Å². The summed E-state index contributed by atoms with van der Waals surface area (Å²) in [6.45, 7) is 4.60. The molecule has 0 rings (SSSR count). The molecule has 0 aliphatic heterocycles. The number of likely N-dealkylation sites (N-methyl/N-ethyl adjacent to an activating group) is 1. The number of hydrogen-bond donors (Lipinski definition) is 0. The minimum atomic E-state index is -1.62. The third kappa shape index (κ3) is 43.1. The number of carbonyl (C=O) groups excluding carboxylic acids is 3. The van der Waals surface area contributed by atoms with Crippen molar-refractivity contribution in [1.82, 2.24) is 0 Å². The first-order chi connectivity index (χ1) is 29.1. The van der Waals surface area contributed by atoms with Gasteiger partial charge >= 0.3 is 11.9 Å². The van der Waals surface area contributed by atoms with Crippen LogP contribution in [0, 0.1) is 0 Å². The number of ether oxygens (including phenoxy) is 4. The molecular weight excluding hydrogens is 755 g/mol. The van der Waals surface area contributed by atoms with Crippen molar-refractivity contribution in [3.63, 3.8) is 0 Å². The lowest BCUT2D eigenvalue weighted by atomic mass is 10.1. The summed E-state index contributed by atoms with van der Waals surface area (Å²) in [5.74, 6) is -2.30. The number of nitrogens with zero attached hydrogens (tertiary/aromatic N) is 1. The summed E-state index contributed by atoms with van der Waals surface area (Å²) >= 11 is 0. The van der Waals surface area contributed by atoms with Gasteiger partial charge in [-0.15, -0.1) is 0 Å². The first kappa shape index (κ1) is 57.0. The first-order valence-corrected chi connectivity index (χ1v) is 23.9. The minimum absolute atomic E-state index is 0.145. The third-order valence-corrected chi connectivity index (χ3v) is 10.0. The Kier molecular flexibility index (Phi) is 40.5. The topological polar surface area (TPSA) is 111 Å². The summed E-state index contributed by atoms with van der Waals surface area (Å²) in [5, 5.41) is 11.7. The van der Waals surface area contributed by atoms with Crippen LogP contribution < -0.4 is 5.11 Å². The van der Waals surface area contributed by atoms with Crippen molar-refractivity contribution in [3.05, 3.63) is 60.8 Å². The molecule has 60 heavy (non-hydrogen) atoms. The summed E-state index contributed by atoms with van der Waals surface area (Å²) in [6.07, 6.45) is 48.3. The third-order valence-electron chi connectivity index (χ3n) is 10.0. The molecule has 0 heterocycles. The standard InChI is InChI=1S/C51H89NO8/c1-6-8-10-12-14-16-18-19-20-21-22-23-24-25-26-27-28-29-30-31-32-34-36-38-40-42-49(54)60-47(46-59-51(50(55)56)57-44-43-52(3,4)5)45-58-48(53)41-39-37-35-33-17-15-13-11-9-7-2/h8,10,14,16,19-20,22-23,25-26,47,51H,6-7,9,11-13,15,17-18,21,24,27-46H2,1-5H3/b10-8-,16-14-,20-19-,23-22-,26-25-. The molecule has 0 aliphatic rings. The van der Waals surface area contributed by atoms with Gasteiger partial charge in [-0.1, -0.05) is 177 Å². The van der Waals surface area contributed by atoms with E-state index in [2.05, 4.69) is 74.6 Å². The molecule has 346 valence electrons. The van der Waals surface area contributed by atoms with Crippen molar-refractivity contribution in [1.29, 1.82) is 0 Å². The molecule has 0 spiro atoms. The zero-order valence-corrected chi connectivity index (χ0v) is 39.1. The molecule has 9 nitrogen and oxygen atoms in total. The van der Waals surface area contributed by atoms with Crippen molar-refractivity contribution in [2.45, 2.75) is 200 Å². The van der Waals surface area contributed by atoms with Gasteiger partial charge in [0.2, 0.25) is 0 Å². The van der Waals surface area contributed by atoms with Crippen LogP contribution in [0.15, 0.2) is 60.8 Å². The predicted octanol–water partition coefficient (Wildman–Crippen LogP) is 11.6. The molecule has 0 aromatic carbocycles. The van der Waals surface area contributed by atoms with E-state index in [1.54, 1.807) is 0 Å². The molecule has 0 radical (unpaired) electrons. The number of carboxylic acids is 1. The lowest BCUT2D eigenvalue weighted by molar-refractivity contribution is -0.870. The normalized spacial score (nSPS) is 13.4. The van der Waals surface area contributed by atoms with E-state index in [0.717, 1.165) is 77.0 Å². The van der Waals surface area contributed by atoms with Crippen LogP contribution in [-0.2, 0) is 33.3 Å². The molecule has 0 aromatic rings. The van der Waals surface area contributed by atoms with E-state index >= 15 is 0 Å². The Labute approximate surface area is 367 Å². The smallest absolute Gasteiger partial charge is 0.306 e. The van der Waals surface area contributed by atoms with Gasteiger partial charge in [-0.25, -0.2) is 0 Å². The Hall–Kier alpha value is -3.01. The van der Waals surface area contributed by atoms with E-state index in [1.807, 2.05) is 21.1 Å². The average molecular weight is 844 g/mol. The van der Waals surface area contributed by atoms with E-state index < -0.39 is 24.3 Å². The molecule has 0 bridgehead atoms. The monoisotopic (exact) mass is 844 g/mol. The van der Waals surface area contributed by atoms with E-state index in [9.17, 15) is 19.5 Å². The van der Waals surface area contributed by atoms with Gasteiger partial charge in [-0.2, -0.15) is 0 Å². The SMILES string of the molecule is CC/C=C\C/C=C\C/C=C\C/C=C\C/C=C\CCCCCCCCCCCC(=O)OC(COC(=O)CCCCCCCCCCCC)COC(OCC[N+](C)(C)C)C(=O)[O-]. The Morgan fingerprint density at radius 1 is 0.517 bits per heavy atom. The molecule has 0 amide bonds. The summed E-state index contributed by atoms with van der Waals surface area (Å²) in [5.41, 5.74) is 0. The zero-order valence-electron chi connectivity index (χ0n) is 39.1. The molecule has 0 aliphatic carbocycles. The van der Waals surface area contributed by atoms with Gasteiger partial charge in [0.25, 0.3) is 0 Å².